The molecule has 42 heavy (non-hydrogen) atoms. The van der Waals surface area contributed by atoms with E-state index < -0.39 is 29.4 Å². The van der Waals surface area contributed by atoms with E-state index in [0.717, 1.165) is 17.7 Å². The highest BCUT2D eigenvalue weighted by Crippen LogP contribution is 2.47. The third kappa shape index (κ3) is 4.77. The summed E-state index contributed by atoms with van der Waals surface area (Å²) in [5.41, 5.74) is -0.267. The van der Waals surface area contributed by atoms with Gasteiger partial charge in [-0.05, 0) is 61.9 Å². The average molecular weight is 595 g/mol. The van der Waals surface area contributed by atoms with E-state index in [0.29, 0.717) is 32.0 Å². The first-order chi connectivity index (χ1) is 20.0. The van der Waals surface area contributed by atoms with Gasteiger partial charge in [-0.15, -0.1) is 0 Å². The Bertz CT molecular complexity index is 1900. The Morgan fingerprint density at radius 2 is 1.93 bits per heavy atom. The molecule has 2 bridgehead atoms. The minimum atomic E-state index is -4.49. The van der Waals surface area contributed by atoms with Crippen LogP contribution in [0, 0.1) is 5.92 Å². The van der Waals surface area contributed by atoms with Gasteiger partial charge >= 0.3 is 6.18 Å². The first-order valence-electron chi connectivity index (χ1n) is 13.1. The van der Waals surface area contributed by atoms with Gasteiger partial charge in [-0.2, -0.15) is 13.2 Å². The van der Waals surface area contributed by atoms with Crippen LogP contribution in [0.2, 0.25) is 0 Å². The number of carbonyl (C=O) groups excluding carboxylic acids is 1. The number of aromatic nitrogens is 1. The van der Waals surface area contributed by atoms with E-state index >= 15 is 0 Å². The zero-order valence-corrected chi connectivity index (χ0v) is 23.6. The van der Waals surface area contributed by atoms with Crippen LogP contribution in [0.25, 0.3) is 6.08 Å². The molecule has 0 unspecified atom stereocenters. The summed E-state index contributed by atoms with van der Waals surface area (Å²) < 4.78 is 58.7. The van der Waals surface area contributed by atoms with Gasteiger partial charge in [-0.3, -0.25) is 14.2 Å². The summed E-state index contributed by atoms with van der Waals surface area (Å²) in [7, 11) is 1.48. The number of hydrogen-bond donors (Lipinski definition) is 0. The Morgan fingerprint density at radius 1 is 1.14 bits per heavy atom. The highest BCUT2D eigenvalue weighted by Gasteiger charge is 2.53. The van der Waals surface area contributed by atoms with E-state index in [1.165, 1.54) is 37.5 Å². The molecule has 3 aromatic carbocycles. The monoisotopic (exact) mass is 594 g/mol. The number of benzene rings is 3. The minimum absolute atomic E-state index is 0.0593. The largest absolute Gasteiger partial charge is 0.496 e. The summed E-state index contributed by atoms with van der Waals surface area (Å²) in [5.74, 6) is 0.322. The highest BCUT2D eigenvalue weighted by atomic mass is 32.1. The third-order valence-electron chi connectivity index (χ3n) is 7.48. The van der Waals surface area contributed by atoms with Crippen LogP contribution in [0.5, 0.6) is 17.2 Å². The van der Waals surface area contributed by atoms with Gasteiger partial charge in [0.1, 0.15) is 35.6 Å². The van der Waals surface area contributed by atoms with Gasteiger partial charge in [0.25, 0.3) is 5.56 Å². The Hall–Kier alpha value is -4.38. The molecule has 6 rings (SSSR count). The lowest BCUT2D eigenvalue weighted by molar-refractivity contribution is -0.137. The van der Waals surface area contributed by atoms with E-state index in [1.54, 1.807) is 35.8 Å². The predicted octanol–water partition coefficient (Wildman–Crippen LogP) is 4.88. The van der Waals surface area contributed by atoms with Gasteiger partial charge in [-0.1, -0.05) is 41.7 Å². The van der Waals surface area contributed by atoms with E-state index in [2.05, 4.69) is 0 Å². The van der Waals surface area contributed by atoms with Crippen LogP contribution in [0.3, 0.4) is 0 Å². The van der Waals surface area contributed by atoms with Crippen molar-refractivity contribution < 1.29 is 32.2 Å². The van der Waals surface area contributed by atoms with E-state index in [1.807, 2.05) is 24.3 Å². The Kier molecular flexibility index (Phi) is 6.72. The second kappa shape index (κ2) is 10.2. The van der Waals surface area contributed by atoms with Crippen molar-refractivity contribution >= 4 is 23.2 Å². The normalized spacial score (nSPS) is 21.0. The van der Waals surface area contributed by atoms with E-state index in [9.17, 15) is 22.8 Å². The summed E-state index contributed by atoms with van der Waals surface area (Å²) >= 11 is 1.20. The van der Waals surface area contributed by atoms with Crippen LogP contribution in [0.4, 0.5) is 13.2 Å². The molecule has 1 aromatic heterocycles. The molecule has 0 radical (unpaired) electrons. The average Bonchev–Trinajstić information content (AvgIpc) is 3.24. The highest BCUT2D eigenvalue weighted by molar-refractivity contribution is 7.07. The number of carbonyl (C=O) groups is 1. The lowest BCUT2D eigenvalue weighted by Crippen LogP contribution is -2.58. The first-order valence-corrected chi connectivity index (χ1v) is 13.9. The fraction of sp³-hybridized carbons (Fsp3) is 0.258. The smallest absolute Gasteiger partial charge is 0.416 e. The SMILES string of the molecule is COc1ccc(/C=c2/sc3n(c2=O)[C@H]2c4ccccc4O[C@@](C)(N=3)[C@H]2C(C)=O)cc1COc1cccc(C(F)(F)F)c1. The van der Waals surface area contributed by atoms with E-state index in [-0.39, 0.29) is 23.7 Å². The fourth-order valence-electron chi connectivity index (χ4n) is 5.63. The van der Waals surface area contributed by atoms with Crippen molar-refractivity contribution in [3.05, 3.63) is 109 Å². The van der Waals surface area contributed by atoms with Crippen LogP contribution in [-0.4, -0.2) is 23.2 Å². The molecular weight excluding hydrogens is 569 g/mol. The number of para-hydroxylation sites is 1. The number of halogens is 3. The number of fused-ring (bicyclic) bond motifs is 6. The van der Waals surface area contributed by atoms with Crippen molar-refractivity contribution in [3.63, 3.8) is 0 Å². The summed E-state index contributed by atoms with van der Waals surface area (Å²) in [4.78, 5) is 31.9. The van der Waals surface area contributed by atoms with Crippen LogP contribution >= 0.6 is 11.3 Å². The lowest BCUT2D eigenvalue weighted by atomic mass is 9.79. The van der Waals surface area contributed by atoms with Gasteiger partial charge in [0.05, 0.1) is 23.2 Å². The number of methoxy groups -OCH3 is 1. The number of alkyl halides is 3. The lowest BCUT2D eigenvalue weighted by Gasteiger charge is -2.45. The summed E-state index contributed by atoms with van der Waals surface area (Å²) in [6.07, 6.45) is -2.77. The molecule has 216 valence electrons. The van der Waals surface area contributed by atoms with Gasteiger partial charge in [0.15, 0.2) is 4.80 Å². The van der Waals surface area contributed by atoms with Crippen LogP contribution < -0.4 is 29.1 Å². The molecule has 0 saturated carbocycles. The Balaban J connectivity index is 1.39. The molecule has 0 aliphatic carbocycles. The van der Waals surface area contributed by atoms with Crippen LogP contribution in [0.15, 0.2) is 76.5 Å². The number of hydrogen-bond acceptors (Lipinski definition) is 7. The molecule has 11 heteroatoms. The number of rotatable bonds is 6. The Labute approximate surface area is 242 Å². The topological polar surface area (TPSA) is 79.1 Å². The van der Waals surface area contributed by atoms with Crippen molar-refractivity contribution in [2.45, 2.75) is 38.4 Å². The zero-order chi connectivity index (χ0) is 29.8. The van der Waals surface area contributed by atoms with Gasteiger partial charge in [0, 0.05) is 11.1 Å². The second-order valence-corrected chi connectivity index (χ2v) is 11.3. The molecule has 4 aromatic rings. The molecule has 3 atom stereocenters. The quantitative estimate of drug-likeness (QED) is 0.318. The molecule has 0 saturated heterocycles. The maximum Gasteiger partial charge on any atom is 0.416 e. The van der Waals surface area contributed by atoms with Crippen LogP contribution in [0.1, 0.15) is 42.1 Å². The van der Waals surface area contributed by atoms with Crippen molar-refractivity contribution in [2.75, 3.05) is 7.11 Å². The first kappa shape index (κ1) is 27.8. The summed E-state index contributed by atoms with van der Waals surface area (Å²) in [5, 5.41) is 0. The Morgan fingerprint density at radius 3 is 2.67 bits per heavy atom. The standard InChI is InChI=1S/C31H25F3N2O5S/c1-17(37)26-27-22-9-4-5-10-24(22)41-30(26,2)35-29-36(27)28(38)25(42-29)14-18-11-12-23(39-3)19(13-18)16-40-21-8-6-7-20(15-21)31(32,33)34/h4-15,26-27H,16H2,1-3H3/b25-14+/t26-,27-,30+/m0/s1. The second-order valence-electron chi connectivity index (χ2n) is 10.3. The number of ether oxygens (including phenoxy) is 3. The molecule has 0 spiro atoms. The van der Waals surface area contributed by atoms with Crippen molar-refractivity contribution in [1.82, 2.24) is 4.57 Å². The number of thiazole rings is 1. The molecule has 0 amide bonds. The minimum Gasteiger partial charge on any atom is -0.496 e. The molecule has 0 fully saturated rings. The van der Waals surface area contributed by atoms with Crippen LogP contribution in [-0.2, 0) is 17.6 Å². The molecular formula is C31H25F3N2O5S. The molecule has 3 heterocycles. The fourth-order valence-corrected chi connectivity index (χ4v) is 6.73. The maximum absolute atomic E-state index is 13.8. The molecule has 2 aliphatic rings. The zero-order valence-electron chi connectivity index (χ0n) is 22.8. The maximum atomic E-state index is 13.8. The van der Waals surface area contributed by atoms with E-state index in [4.69, 9.17) is 19.2 Å². The third-order valence-corrected chi connectivity index (χ3v) is 8.46. The van der Waals surface area contributed by atoms with Crippen molar-refractivity contribution in [1.29, 1.82) is 0 Å². The predicted molar refractivity (Wildman–Crippen MR) is 149 cm³/mol. The summed E-state index contributed by atoms with van der Waals surface area (Å²) in [6, 6.07) is 16.7. The number of ketones is 1. The van der Waals surface area contributed by atoms with Gasteiger partial charge in [-0.25, -0.2) is 4.99 Å². The summed E-state index contributed by atoms with van der Waals surface area (Å²) in [6.45, 7) is 3.19. The molecule has 2 aliphatic heterocycles. The van der Waals surface area contributed by atoms with Crippen molar-refractivity contribution in [3.8, 4) is 17.2 Å². The molecule has 0 N–H and O–H groups in total. The number of Topliss-reactive ketones (excluding diaryl/α,β-unsaturated/α-hetero) is 1. The van der Waals surface area contributed by atoms with Gasteiger partial charge in [0.2, 0.25) is 5.72 Å². The van der Waals surface area contributed by atoms with Gasteiger partial charge < -0.3 is 14.2 Å². The number of nitrogens with zero attached hydrogens (tertiary/aromatic N) is 2. The molecule has 7 nitrogen and oxygen atoms in total. The van der Waals surface area contributed by atoms with Crippen molar-refractivity contribution in [2.24, 2.45) is 10.9 Å².